The van der Waals surface area contributed by atoms with E-state index in [-0.39, 0.29) is 11.6 Å². The van der Waals surface area contributed by atoms with E-state index in [0.29, 0.717) is 12.6 Å². The van der Waals surface area contributed by atoms with Crippen LogP contribution >= 0.6 is 0 Å². The van der Waals surface area contributed by atoms with E-state index in [0.717, 1.165) is 51.3 Å². The van der Waals surface area contributed by atoms with Gasteiger partial charge in [0.2, 0.25) is 0 Å². The maximum atomic E-state index is 12.3. The number of amides is 1. The third kappa shape index (κ3) is 7.95. The second kappa shape index (κ2) is 10.7. The van der Waals surface area contributed by atoms with Crippen LogP contribution in [0, 0.1) is 0 Å². The van der Waals surface area contributed by atoms with Gasteiger partial charge in [-0.25, -0.2) is 4.79 Å². The summed E-state index contributed by atoms with van der Waals surface area (Å²) >= 11 is 0. The molecule has 0 aromatic carbocycles. The molecule has 0 unspecified atom stereocenters. The molecule has 158 valence electrons. The lowest BCUT2D eigenvalue weighted by Gasteiger charge is -2.37. The lowest BCUT2D eigenvalue weighted by Crippen LogP contribution is -2.58. The first-order valence-corrected chi connectivity index (χ1v) is 10.3. The van der Waals surface area contributed by atoms with Crippen LogP contribution in [0.4, 0.5) is 4.79 Å². The Kier molecular flexibility index (Phi) is 9.36. The van der Waals surface area contributed by atoms with Gasteiger partial charge in [-0.15, -0.1) is 0 Å². The molecule has 1 aliphatic heterocycles. The van der Waals surface area contributed by atoms with Crippen LogP contribution in [-0.2, 0) is 9.47 Å². The number of piperidine rings is 1. The molecule has 1 fully saturated rings. The highest BCUT2D eigenvalue weighted by Crippen LogP contribution is 2.18. The molecule has 0 spiro atoms. The highest BCUT2D eigenvalue weighted by molar-refractivity contribution is 5.80. The van der Waals surface area contributed by atoms with Gasteiger partial charge in [0.05, 0.1) is 11.6 Å². The summed E-state index contributed by atoms with van der Waals surface area (Å²) in [5.41, 5.74) is -0.881. The fourth-order valence-corrected chi connectivity index (χ4v) is 3.29. The molecule has 0 bridgehead atoms. The van der Waals surface area contributed by atoms with E-state index < -0.39 is 5.60 Å². The number of alkyl carbamates (subject to hydrolysis) is 1. The van der Waals surface area contributed by atoms with Crippen LogP contribution in [0.15, 0.2) is 4.99 Å². The number of nitrogens with one attached hydrogen (secondary N) is 2. The Morgan fingerprint density at radius 3 is 2.19 bits per heavy atom. The van der Waals surface area contributed by atoms with Crippen LogP contribution in [0.5, 0.6) is 0 Å². The van der Waals surface area contributed by atoms with Gasteiger partial charge in [-0.3, -0.25) is 4.99 Å². The van der Waals surface area contributed by atoms with Gasteiger partial charge in [0.15, 0.2) is 5.96 Å². The van der Waals surface area contributed by atoms with Gasteiger partial charge >= 0.3 is 6.09 Å². The zero-order valence-electron chi connectivity index (χ0n) is 18.4. The first kappa shape index (κ1) is 23.5. The molecule has 0 aliphatic carbocycles. The fraction of sp³-hybridized carbons (Fsp3) is 0.900. The molecule has 0 radical (unpaired) electrons. The van der Waals surface area contributed by atoms with Gasteiger partial charge in [0.1, 0.15) is 5.60 Å². The highest BCUT2D eigenvalue weighted by atomic mass is 16.6. The van der Waals surface area contributed by atoms with E-state index in [2.05, 4.69) is 34.4 Å². The Bertz CT molecular complexity index is 476. The minimum Gasteiger partial charge on any atom is -0.444 e. The summed E-state index contributed by atoms with van der Waals surface area (Å²) in [6.45, 7) is 15.1. The SMILES string of the molecule is CCOC1CCN(C(=NC)NCC(CC)(CC)NC(=O)OC(C)(C)C)CC1. The summed E-state index contributed by atoms with van der Waals surface area (Å²) in [4.78, 5) is 19.0. The number of aliphatic imine (C=N–C) groups is 1. The minimum absolute atomic E-state index is 0.351. The van der Waals surface area contributed by atoms with Crippen molar-refractivity contribution in [1.29, 1.82) is 0 Å². The Morgan fingerprint density at radius 1 is 1.15 bits per heavy atom. The lowest BCUT2D eigenvalue weighted by molar-refractivity contribution is 0.0261. The quantitative estimate of drug-likeness (QED) is 0.521. The standard InChI is InChI=1S/C20H40N4O3/c1-8-20(9-2,23-18(25)27-19(4,5)6)15-22-17(21-7)24-13-11-16(12-14-24)26-10-3/h16H,8-15H2,1-7H3,(H,21,22)(H,23,25). The Labute approximate surface area is 165 Å². The van der Waals surface area contributed by atoms with Crippen molar-refractivity contribution in [2.24, 2.45) is 4.99 Å². The smallest absolute Gasteiger partial charge is 0.408 e. The third-order valence-electron chi connectivity index (χ3n) is 5.06. The van der Waals surface area contributed by atoms with Gasteiger partial charge in [-0.1, -0.05) is 13.8 Å². The van der Waals surface area contributed by atoms with Crippen molar-refractivity contribution in [3.05, 3.63) is 0 Å². The molecule has 1 aliphatic rings. The first-order valence-electron chi connectivity index (χ1n) is 10.3. The van der Waals surface area contributed by atoms with Crippen LogP contribution in [0.2, 0.25) is 0 Å². The van der Waals surface area contributed by atoms with Gasteiger partial charge in [-0.05, 0) is 53.4 Å². The predicted molar refractivity (Wildman–Crippen MR) is 110 cm³/mol. The van der Waals surface area contributed by atoms with Crippen molar-refractivity contribution in [2.45, 2.75) is 84.5 Å². The molecule has 0 aromatic heterocycles. The van der Waals surface area contributed by atoms with E-state index in [1.54, 1.807) is 7.05 Å². The number of ether oxygens (including phenoxy) is 2. The zero-order valence-corrected chi connectivity index (χ0v) is 18.4. The van der Waals surface area contributed by atoms with E-state index >= 15 is 0 Å². The molecule has 1 rings (SSSR count). The molecular weight excluding hydrogens is 344 g/mol. The Balaban J connectivity index is 2.64. The number of guanidine groups is 1. The van der Waals surface area contributed by atoms with E-state index in [1.807, 2.05) is 27.7 Å². The number of carbonyl (C=O) groups excluding carboxylic acids is 1. The molecule has 1 amide bonds. The van der Waals surface area contributed by atoms with Gasteiger partial charge in [-0.2, -0.15) is 0 Å². The van der Waals surface area contributed by atoms with Gasteiger partial charge < -0.3 is 25.0 Å². The normalized spacial score (nSPS) is 17.0. The van der Waals surface area contributed by atoms with Crippen LogP contribution in [0.1, 0.15) is 67.2 Å². The summed E-state index contributed by atoms with van der Waals surface area (Å²) in [5.74, 6) is 0.877. The number of hydrogen-bond donors (Lipinski definition) is 2. The van der Waals surface area contributed by atoms with Crippen LogP contribution in [-0.4, -0.2) is 67.5 Å². The Morgan fingerprint density at radius 2 is 1.74 bits per heavy atom. The molecule has 7 nitrogen and oxygen atoms in total. The van der Waals surface area contributed by atoms with Crippen molar-refractivity contribution in [1.82, 2.24) is 15.5 Å². The number of likely N-dealkylation sites (tertiary alicyclic amines) is 1. The highest BCUT2D eigenvalue weighted by Gasteiger charge is 2.31. The zero-order chi connectivity index (χ0) is 20.5. The minimum atomic E-state index is -0.508. The van der Waals surface area contributed by atoms with Crippen LogP contribution in [0.3, 0.4) is 0 Å². The molecule has 1 saturated heterocycles. The molecule has 7 heteroatoms. The maximum Gasteiger partial charge on any atom is 0.408 e. The molecular formula is C20H40N4O3. The Hall–Kier alpha value is -1.50. The van der Waals surface area contributed by atoms with E-state index in [1.165, 1.54) is 0 Å². The second-order valence-corrected chi connectivity index (χ2v) is 8.16. The van der Waals surface area contributed by atoms with Crippen molar-refractivity contribution in [2.75, 3.05) is 33.3 Å². The average Bonchev–Trinajstić information content (AvgIpc) is 2.61. The topological polar surface area (TPSA) is 75.2 Å². The summed E-state index contributed by atoms with van der Waals surface area (Å²) < 4.78 is 11.2. The monoisotopic (exact) mass is 384 g/mol. The number of nitrogens with zero attached hydrogens (tertiary/aromatic N) is 2. The number of carbonyl (C=O) groups is 1. The average molecular weight is 385 g/mol. The van der Waals surface area contributed by atoms with Crippen molar-refractivity contribution in [3.63, 3.8) is 0 Å². The predicted octanol–water partition coefficient (Wildman–Crippen LogP) is 3.15. The third-order valence-corrected chi connectivity index (χ3v) is 5.06. The van der Waals surface area contributed by atoms with Crippen LogP contribution in [0.25, 0.3) is 0 Å². The van der Waals surface area contributed by atoms with Gasteiger partial charge in [0.25, 0.3) is 0 Å². The summed E-state index contributed by atoms with van der Waals surface area (Å²) in [5, 5.41) is 6.54. The molecule has 1 heterocycles. The number of rotatable bonds is 7. The maximum absolute atomic E-state index is 12.3. The second-order valence-electron chi connectivity index (χ2n) is 8.16. The molecule has 27 heavy (non-hydrogen) atoms. The van der Waals surface area contributed by atoms with Crippen molar-refractivity contribution >= 4 is 12.1 Å². The fourth-order valence-electron chi connectivity index (χ4n) is 3.29. The molecule has 2 N–H and O–H groups in total. The van der Waals surface area contributed by atoms with Crippen molar-refractivity contribution in [3.8, 4) is 0 Å². The lowest BCUT2D eigenvalue weighted by atomic mass is 9.93. The largest absolute Gasteiger partial charge is 0.444 e. The van der Waals surface area contributed by atoms with Crippen LogP contribution < -0.4 is 10.6 Å². The van der Waals surface area contributed by atoms with Gasteiger partial charge in [0, 0.05) is 33.3 Å². The molecule has 0 aromatic rings. The molecule has 0 atom stereocenters. The summed E-state index contributed by atoms with van der Waals surface area (Å²) in [6, 6.07) is 0. The van der Waals surface area contributed by atoms with E-state index in [9.17, 15) is 4.79 Å². The molecule has 0 saturated carbocycles. The first-order chi connectivity index (χ1) is 12.7. The van der Waals surface area contributed by atoms with E-state index in [4.69, 9.17) is 9.47 Å². The summed E-state index contributed by atoms with van der Waals surface area (Å²) in [7, 11) is 1.80. The number of hydrogen-bond acceptors (Lipinski definition) is 4. The van der Waals surface area contributed by atoms with Crippen molar-refractivity contribution < 1.29 is 14.3 Å². The summed E-state index contributed by atoms with van der Waals surface area (Å²) in [6.07, 6.45) is 3.61.